The highest BCUT2D eigenvalue weighted by atomic mass is 16.5. The van der Waals surface area contributed by atoms with E-state index in [9.17, 15) is 4.79 Å². The summed E-state index contributed by atoms with van der Waals surface area (Å²) < 4.78 is 11.3. The molecule has 5 aromatic rings. The van der Waals surface area contributed by atoms with Crippen LogP contribution >= 0.6 is 0 Å². The van der Waals surface area contributed by atoms with E-state index in [2.05, 4.69) is 60.7 Å². The van der Waals surface area contributed by atoms with E-state index < -0.39 is 0 Å². The van der Waals surface area contributed by atoms with Crippen LogP contribution in [0.1, 0.15) is 56.6 Å². The first kappa shape index (κ1) is 24.6. The van der Waals surface area contributed by atoms with Crippen molar-refractivity contribution in [3.63, 3.8) is 0 Å². The Hall–Kier alpha value is -4.12. The topological polar surface area (TPSA) is 68.3 Å². The maximum absolute atomic E-state index is 13.2. The van der Waals surface area contributed by atoms with Crippen molar-refractivity contribution in [1.29, 1.82) is 0 Å². The molecule has 3 aromatic carbocycles. The van der Waals surface area contributed by atoms with Crippen LogP contribution in [0.15, 0.2) is 81.7 Å². The van der Waals surface area contributed by atoms with E-state index in [-0.39, 0.29) is 11.9 Å². The Morgan fingerprint density at radius 2 is 1.73 bits per heavy atom. The number of nitrogens with zero attached hydrogens (tertiary/aromatic N) is 1. The molecule has 0 fully saturated rings. The molecule has 1 atom stereocenters. The molecule has 188 valence electrons. The largest absolute Gasteiger partial charge is 0.461 e. The number of carbonyl (C=O) groups is 1. The lowest BCUT2D eigenvalue weighted by atomic mass is 9.93. The lowest BCUT2D eigenvalue weighted by Gasteiger charge is -2.22. The lowest BCUT2D eigenvalue weighted by molar-refractivity contribution is -0.120. The van der Waals surface area contributed by atoms with E-state index in [1.54, 1.807) is 0 Å². The van der Waals surface area contributed by atoms with Crippen LogP contribution < -0.4 is 5.32 Å². The van der Waals surface area contributed by atoms with E-state index in [1.165, 1.54) is 5.56 Å². The number of rotatable bonds is 8. The molecule has 1 amide bonds. The fourth-order valence-electron chi connectivity index (χ4n) is 5.02. The van der Waals surface area contributed by atoms with Gasteiger partial charge in [-0.15, -0.1) is 0 Å². The highest BCUT2D eigenvalue weighted by Gasteiger charge is 2.19. The van der Waals surface area contributed by atoms with Crippen LogP contribution in [0.5, 0.6) is 0 Å². The number of fused-ring (bicyclic) bond motifs is 1. The van der Waals surface area contributed by atoms with Crippen molar-refractivity contribution in [1.82, 2.24) is 10.5 Å². The molecule has 1 unspecified atom stereocenters. The number of benzene rings is 3. The number of hydrogen-bond donors (Lipinski definition) is 1. The van der Waals surface area contributed by atoms with Crippen LogP contribution in [0.25, 0.3) is 11.0 Å². The van der Waals surface area contributed by atoms with Crippen molar-refractivity contribution >= 4 is 16.9 Å². The highest BCUT2D eigenvalue weighted by molar-refractivity contribution is 5.83. The summed E-state index contributed by atoms with van der Waals surface area (Å²) in [5.41, 5.74) is 8.39. The van der Waals surface area contributed by atoms with Gasteiger partial charge in [0.2, 0.25) is 5.91 Å². The predicted octanol–water partition coefficient (Wildman–Crippen LogP) is 6.89. The van der Waals surface area contributed by atoms with Crippen LogP contribution in [0.2, 0.25) is 0 Å². The number of aryl methyl sites for hydroxylation is 5. The van der Waals surface area contributed by atoms with Crippen LogP contribution in [-0.4, -0.2) is 11.1 Å². The first-order valence-corrected chi connectivity index (χ1v) is 12.7. The minimum atomic E-state index is -0.206. The second-order valence-corrected chi connectivity index (χ2v) is 9.84. The molecule has 0 aliphatic rings. The van der Waals surface area contributed by atoms with E-state index >= 15 is 0 Å². The smallest absolute Gasteiger partial charge is 0.225 e. The van der Waals surface area contributed by atoms with Gasteiger partial charge in [-0.05, 0) is 74.6 Å². The third kappa shape index (κ3) is 5.51. The standard InChI is InChI=1S/C32H32N2O3/c1-20-10-13-28(21(2)16-20)32(25-8-6-5-7-9-25)33-31(35)18-24-11-15-30-26(17-24)19-27(36-30)12-14-29-22(3)34-37-23(29)4/h5-11,13,15-17,19,32H,12,14,18H2,1-4H3,(H,33,35). The molecule has 0 aliphatic heterocycles. The molecule has 0 radical (unpaired) electrons. The predicted molar refractivity (Wildman–Crippen MR) is 146 cm³/mol. The molecule has 0 aliphatic carbocycles. The molecule has 1 N–H and O–H groups in total. The van der Waals surface area contributed by atoms with Crippen LogP contribution in [0.4, 0.5) is 0 Å². The van der Waals surface area contributed by atoms with Crippen LogP contribution in [0.3, 0.4) is 0 Å². The van der Waals surface area contributed by atoms with Gasteiger partial charge in [0.25, 0.3) is 0 Å². The molecular formula is C32H32N2O3. The van der Waals surface area contributed by atoms with Crippen molar-refractivity contribution in [2.45, 2.75) is 53.0 Å². The average Bonchev–Trinajstić information content (AvgIpc) is 3.43. The zero-order valence-electron chi connectivity index (χ0n) is 21.8. The number of amides is 1. The molecule has 0 spiro atoms. The third-order valence-corrected chi connectivity index (χ3v) is 6.97. The summed E-state index contributed by atoms with van der Waals surface area (Å²) in [6, 6.07) is 24.3. The summed E-state index contributed by atoms with van der Waals surface area (Å²) >= 11 is 0. The van der Waals surface area contributed by atoms with Crippen molar-refractivity contribution in [3.8, 4) is 0 Å². The summed E-state index contributed by atoms with van der Waals surface area (Å²) in [7, 11) is 0. The summed E-state index contributed by atoms with van der Waals surface area (Å²) in [5, 5.41) is 8.32. The summed E-state index contributed by atoms with van der Waals surface area (Å²) in [6.45, 7) is 8.08. The first-order valence-electron chi connectivity index (χ1n) is 12.7. The number of aromatic nitrogens is 1. The Morgan fingerprint density at radius 3 is 2.46 bits per heavy atom. The number of carbonyl (C=O) groups excluding carboxylic acids is 1. The monoisotopic (exact) mass is 492 g/mol. The Bertz CT molecular complexity index is 1530. The maximum Gasteiger partial charge on any atom is 0.225 e. The SMILES string of the molecule is Cc1ccc(C(NC(=O)Cc2ccc3oc(CCc4c(C)noc4C)cc3c2)c2ccccc2)c(C)c1. The number of hydrogen-bond acceptors (Lipinski definition) is 4. The molecule has 5 rings (SSSR count). The van der Waals surface area contributed by atoms with Gasteiger partial charge in [-0.25, -0.2) is 0 Å². The summed E-state index contributed by atoms with van der Waals surface area (Å²) in [5.74, 6) is 1.75. The normalized spacial score (nSPS) is 12.1. The van der Waals surface area contributed by atoms with E-state index in [0.717, 1.165) is 68.8 Å². The maximum atomic E-state index is 13.2. The second-order valence-electron chi connectivity index (χ2n) is 9.84. The zero-order valence-corrected chi connectivity index (χ0v) is 21.8. The molecule has 2 aromatic heterocycles. The van der Waals surface area contributed by atoms with Crippen LogP contribution in [-0.2, 0) is 24.1 Å². The summed E-state index contributed by atoms with van der Waals surface area (Å²) in [4.78, 5) is 13.2. The van der Waals surface area contributed by atoms with Crippen molar-refractivity contribution in [3.05, 3.63) is 123 Å². The molecular weight excluding hydrogens is 460 g/mol. The van der Waals surface area contributed by atoms with Crippen molar-refractivity contribution in [2.75, 3.05) is 0 Å². The molecule has 0 bridgehead atoms. The van der Waals surface area contributed by atoms with Gasteiger partial charge in [-0.1, -0.05) is 65.3 Å². The van der Waals surface area contributed by atoms with Crippen molar-refractivity contribution < 1.29 is 13.7 Å². The van der Waals surface area contributed by atoms with Gasteiger partial charge in [0, 0.05) is 17.4 Å². The second kappa shape index (κ2) is 10.5. The molecule has 5 nitrogen and oxygen atoms in total. The number of nitrogens with one attached hydrogen (secondary N) is 1. The molecule has 0 saturated carbocycles. The van der Waals surface area contributed by atoms with E-state index in [0.29, 0.717) is 6.42 Å². The van der Waals surface area contributed by atoms with Crippen LogP contribution in [0, 0.1) is 27.7 Å². The minimum Gasteiger partial charge on any atom is -0.461 e. The fourth-order valence-corrected chi connectivity index (χ4v) is 5.02. The first-order chi connectivity index (χ1) is 17.9. The van der Waals surface area contributed by atoms with Gasteiger partial charge in [-0.3, -0.25) is 4.79 Å². The molecule has 2 heterocycles. The Kier molecular flexibility index (Phi) is 6.95. The van der Waals surface area contributed by atoms with E-state index in [1.807, 2.05) is 50.2 Å². The van der Waals surface area contributed by atoms with Gasteiger partial charge in [0.1, 0.15) is 17.1 Å². The molecule has 0 saturated heterocycles. The highest BCUT2D eigenvalue weighted by Crippen LogP contribution is 2.27. The van der Waals surface area contributed by atoms with Gasteiger partial charge in [-0.2, -0.15) is 0 Å². The zero-order chi connectivity index (χ0) is 25.9. The Balaban J connectivity index is 1.31. The van der Waals surface area contributed by atoms with Gasteiger partial charge < -0.3 is 14.3 Å². The number of furan rings is 1. The van der Waals surface area contributed by atoms with Gasteiger partial charge >= 0.3 is 0 Å². The average molecular weight is 493 g/mol. The lowest BCUT2D eigenvalue weighted by Crippen LogP contribution is -2.31. The van der Waals surface area contributed by atoms with Gasteiger partial charge in [0.15, 0.2) is 0 Å². The Morgan fingerprint density at radius 1 is 0.919 bits per heavy atom. The molecule has 37 heavy (non-hydrogen) atoms. The summed E-state index contributed by atoms with van der Waals surface area (Å²) in [6.07, 6.45) is 1.88. The molecule has 5 heteroatoms. The van der Waals surface area contributed by atoms with Gasteiger partial charge in [0.05, 0.1) is 18.2 Å². The minimum absolute atomic E-state index is 0.0182. The quantitative estimate of drug-likeness (QED) is 0.256. The Labute approximate surface area is 217 Å². The third-order valence-electron chi connectivity index (χ3n) is 6.97. The fraction of sp³-hybridized carbons (Fsp3) is 0.250. The van der Waals surface area contributed by atoms with E-state index in [4.69, 9.17) is 8.94 Å². The van der Waals surface area contributed by atoms with Crippen molar-refractivity contribution in [2.24, 2.45) is 0 Å².